The molecule has 4 aliphatic carbocycles. The molecule has 1 aromatic rings. The van der Waals surface area contributed by atoms with Gasteiger partial charge in [-0.3, -0.25) is 14.4 Å². The minimum absolute atomic E-state index is 0.0466. The highest BCUT2D eigenvalue weighted by molar-refractivity contribution is 5.88. The Balaban J connectivity index is 1.69. The average molecular weight is 565 g/mol. The van der Waals surface area contributed by atoms with Gasteiger partial charge in [-0.15, -0.1) is 0 Å². The molecule has 220 valence electrons. The number of benzene rings is 1. The third-order valence-electron chi connectivity index (χ3n) is 11.2. The number of carbonyl (C=O) groups excluding carboxylic acids is 4. The molecular weight excluding hydrogens is 524 g/mol. The molecule has 5 rings (SSSR count). The molecule has 0 saturated heterocycles. The Hall–Kier alpha value is -3.26. The van der Waals surface area contributed by atoms with Crippen molar-refractivity contribution in [2.75, 3.05) is 0 Å². The van der Waals surface area contributed by atoms with Crippen LogP contribution in [-0.4, -0.2) is 53.2 Å². The highest BCUT2D eigenvalue weighted by Gasteiger charge is 2.91. The first kappa shape index (κ1) is 29.2. The molecular formula is C33H40O8. The lowest BCUT2D eigenvalue weighted by molar-refractivity contribution is -0.191. The van der Waals surface area contributed by atoms with Crippen molar-refractivity contribution in [2.24, 2.45) is 33.5 Å². The quantitative estimate of drug-likeness (QED) is 0.242. The van der Waals surface area contributed by atoms with E-state index in [0.29, 0.717) is 18.4 Å². The molecule has 1 aromatic carbocycles. The zero-order chi connectivity index (χ0) is 30.1. The van der Waals surface area contributed by atoms with E-state index in [9.17, 15) is 24.3 Å². The molecule has 8 heteroatoms. The molecule has 2 bridgehead atoms. The van der Waals surface area contributed by atoms with E-state index in [0.717, 1.165) is 5.56 Å². The molecule has 1 unspecified atom stereocenters. The van der Waals surface area contributed by atoms with Crippen molar-refractivity contribution in [1.29, 1.82) is 0 Å². The van der Waals surface area contributed by atoms with E-state index in [2.05, 4.69) is 6.58 Å². The molecule has 4 saturated carbocycles. The number of hydrogen-bond donors (Lipinski definition) is 1. The fourth-order valence-electron chi connectivity index (χ4n) is 9.83. The molecule has 0 amide bonds. The first-order chi connectivity index (χ1) is 19.2. The van der Waals surface area contributed by atoms with E-state index in [1.54, 1.807) is 6.08 Å². The number of Topliss-reactive ketones (excluding diaryl/α,β-unsaturated/α-hetero) is 1. The predicted octanol–water partition coefficient (Wildman–Crippen LogP) is 4.44. The van der Waals surface area contributed by atoms with E-state index < -0.39 is 75.8 Å². The van der Waals surface area contributed by atoms with Crippen molar-refractivity contribution >= 4 is 29.8 Å². The van der Waals surface area contributed by atoms with Crippen LogP contribution in [0.4, 0.5) is 0 Å². The van der Waals surface area contributed by atoms with Gasteiger partial charge in [0.15, 0.2) is 0 Å². The van der Waals surface area contributed by atoms with Gasteiger partial charge in [-0.05, 0) is 35.5 Å². The van der Waals surface area contributed by atoms with Crippen LogP contribution in [0.2, 0.25) is 0 Å². The molecule has 41 heavy (non-hydrogen) atoms. The van der Waals surface area contributed by atoms with Gasteiger partial charge < -0.3 is 19.3 Å². The fourth-order valence-corrected chi connectivity index (χ4v) is 9.83. The van der Waals surface area contributed by atoms with Crippen molar-refractivity contribution in [2.45, 2.75) is 85.2 Å². The molecule has 4 fully saturated rings. The SMILES string of the molecule is C=C1[C@@H](OC(=O)/C=C/c2ccccc2)CC[C@@]2(C)[C@@H](O)[C@H](OC(C)=O)[C@@]34[C@H](C)C(=O)C[C@@H]([C@@H](OC(C)=O)C132)C4(C)C. The summed E-state index contributed by atoms with van der Waals surface area (Å²) in [6.45, 7) is 14.9. The Morgan fingerprint density at radius 3 is 2.22 bits per heavy atom. The number of rotatable bonds is 5. The Morgan fingerprint density at radius 1 is 1.00 bits per heavy atom. The average Bonchev–Trinajstić information content (AvgIpc) is 3.14. The number of aliphatic hydroxyl groups excluding tert-OH is 1. The Morgan fingerprint density at radius 2 is 1.61 bits per heavy atom. The molecule has 1 N–H and O–H groups in total. The summed E-state index contributed by atoms with van der Waals surface area (Å²) in [5.74, 6) is -2.79. The fraction of sp³-hybridized carbons (Fsp3) is 0.576. The summed E-state index contributed by atoms with van der Waals surface area (Å²) in [6.07, 6.45) is 0.0763. The van der Waals surface area contributed by atoms with Crippen molar-refractivity contribution in [3.8, 4) is 0 Å². The van der Waals surface area contributed by atoms with E-state index in [-0.39, 0.29) is 12.2 Å². The summed E-state index contributed by atoms with van der Waals surface area (Å²) >= 11 is 0. The standard InChI is InChI=1S/C33H40O8/c1-18-24(36)17-23-28(39-20(3)34)33-19(2)25(41-26(37)14-13-22-11-9-8-10-12-22)15-16-31(33,7)27(38)29(40-21(4)35)32(18,33)30(23,5)6/h8-14,18,23,25,27-29,38H,2,15-17H2,1,3-7H3/b14-13+/t18-,23+,25+,27+,28-,29+,31+,32-,33?/m1/s1. The van der Waals surface area contributed by atoms with E-state index in [1.807, 2.05) is 58.0 Å². The van der Waals surface area contributed by atoms with Gasteiger partial charge in [-0.1, -0.05) is 64.6 Å². The number of fused-ring (bicyclic) bond motifs is 1. The number of esters is 3. The second-order valence-corrected chi connectivity index (χ2v) is 13.1. The molecule has 2 spiro atoms. The highest BCUT2D eigenvalue weighted by atomic mass is 16.6. The van der Waals surface area contributed by atoms with Crippen LogP contribution in [0.5, 0.6) is 0 Å². The van der Waals surface area contributed by atoms with E-state index in [1.165, 1.54) is 19.9 Å². The first-order valence-electron chi connectivity index (χ1n) is 14.4. The molecule has 0 aliphatic heterocycles. The minimum Gasteiger partial charge on any atom is -0.461 e. The lowest BCUT2D eigenvalue weighted by Crippen LogP contribution is -2.63. The van der Waals surface area contributed by atoms with Crippen molar-refractivity contribution in [1.82, 2.24) is 0 Å². The van der Waals surface area contributed by atoms with Crippen LogP contribution in [-0.2, 0) is 33.4 Å². The lowest BCUT2D eigenvalue weighted by Gasteiger charge is -2.60. The Kier molecular flexibility index (Phi) is 6.88. The summed E-state index contributed by atoms with van der Waals surface area (Å²) in [6, 6.07) is 9.37. The van der Waals surface area contributed by atoms with Crippen LogP contribution in [0.3, 0.4) is 0 Å². The van der Waals surface area contributed by atoms with Crippen LogP contribution in [0, 0.1) is 33.5 Å². The molecule has 4 aliphatic rings. The molecule has 0 heterocycles. The lowest BCUT2D eigenvalue weighted by atomic mass is 9.42. The topological polar surface area (TPSA) is 116 Å². The third kappa shape index (κ3) is 3.62. The Bertz CT molecular complexity index is 1330. The molecule has 0 radical (unpaired) electrons. The third-order valence-corrected chi connectivity index (χ3v) is 11.2. The molecule has 8 nitrogen and oxygen atoms in total. The summed E-state index contributed by atoms with van der Waals surface area (Å²) in [5.41, 5.74) is -2.81. The maximum atomic E-state index is 13.7. The largest absolute Gasteiger partial charge is 0.461 e. The van der Waals surface area contributed by atoms with Gasteiger partial charge >= 0.3 is 17.9 Å². The van der Waals surface area contributed by atoms with Crippen molar-refractivity contribution < 1.29 is 38.5 Å². The highest BCUT2D eigenvalue weighted by Crippen LogP contribution is 2.86. The normalized spacial score (nSPS) is 40.6. The van der Waals surface area contributed by atoms with Crippen LogP contribution < -0.4 is 0 Å². The summed E-state index contributed by atoms with van der Waals surface area (Å²) in [4.78, 5) is 52.0. The van der Waals surface area contributed by atoms with Crippen LogP contribution >= 0.6 is 0 Å². The number of carbonyl (C=O) groups is 4. The van der Waals surface area contributed by atoms with Gasteiger partial charge in [-0.2, -0.15) is 0 Å². The minimum atomic E-state index is -1.22. The van der Waals surface area contributed by atoms with E-state index in [4.69, 9.17) is 14.2 Å². The first-order valence-corrected chi connectivity index (χ1v) is 14.4. The Labute approximate surface area is 241 Å². The second kappa shape index (κ2) is 9.65. The van der Waals surface area contributed by atoms with Gasteiger partial charge in [0.1, 0.15) is 24.1 Å². The number of hydrogen-bond acceptors (Lipinski definition) is 8. The number of aliphatic hydroxyl groups is 1. The maximum absolute atomic E-state index is 13.7. The van der Waals surface area contributed by atoms with Crippen LogP contribution in [0.15, 0.2) is 48.6 Å². The van der Waals surface area contributed by atoms with Crippen molar-refractivity contribution in [3.05, 3.63) is 54.1 Å². The van der Waals surface area contributed by atoms with Crippen LogP contribution in [0.1, 0.15) is 66.4 Å². The zero-order valence-corrected chi connectivity index (χ0v) is 24.6. The monoisotopic (exact) mass is 564 g/mol. The van der Waals surface area contributed by atoms with E-state index >= 15 is 0 Å². The summed E-state index contributed by atoms with van der Waals surface area (Å²) < 4.78 is 18.2. The predicted molar refractivity (Wildman–Crippen MR) is 150 cm³/mol. The number of ether oxygens (including phenoxy) is 3. The van der Waals surface area contributed by atoms with Crippen molar-refractivity contribution in [3.63, 3.8) is 0 Å². The smallest absolute Gasteiger partial charge is 0.331 e. The van der Waals surface area contributed by atoms with Crippen LogP contribution in [0.25, 0.3) is 6.08 Å². The van der Waals surface area contributed by atoms with Gasteiger partial charge in [0.2, 0.25) is 0 Å². The molecule has 0 aromatic heterocycles. The van der Waals surface area contributed by atoms with Gasteiger partial charge in [-0.25, -0.2) is 4.79 Å². The summed E-state index contributed by atoms with van der Waals surface area (Å²) in [5, 5.41) is 12.1. The van der Waals surface area contributed by atoms with Gasteiger partial charge in [0.05, 0.1) is 11.5 Å². The van der Waals surface area contributed by atoms with Gasteiger partial charge in [0.25, 0.3) is 0 Å². The maximum Gasteiger partial charge on any atom is 0.331 e. The zero-order valence-electron chi connectivity index (χ0n) is 24.6. The summed E-state index contributed by atoms with van der Waals surface area (Å²) in [7, 11) is 0. The molecule has 9 atom stereocenters. The number of ketones is 1. The second-order valence-electron chi connectivity index (χ2n) is 13.1. The van der Waals surface area contributed by atoms with Gasteiger partial charge in [0, 0.05) is 49.0 Å².